The zero-order valence-electron chi connectivity index (χ0n) is 16.7. The largest absolute Gasteiger partial charge is 0.467 e. The third-order valence-corrected chi connectivity index (χ3v) is 3.81. The lowest BCUT2D eigenvalue weighted by molar-refractivity contribution is -0.114. The summed E-state index contributed by atoms with van der Waals surface area (Å²) in [7, 11) is 1.44. The van der Waals surface area contributed by atoms with Crippen LogP contribution in [0.15, 0.2) is 30.6 Å². The summed E-state index contributed by atoms with van der Waals surface area (Å²) < 4.78 is 32.6. The first kappa shape index (κ1) is 21.0. The van der Waals surface area contributed by atoms with E-state index in [1.54, 1.807) is 19.1 Å². The summed E-state index contributed by atoms with van der Waals surface area (Å²) in [5, 5.41) is 5.58. The summed E-state index contributed by atoms with van der Waals surface area (Å²) in [6.07, 6.45) is 3.00. The van der Waals surface area contributed by atoms with Crippen molar-refractivity contribution in [1.29, 1.82) is 0 Å². The van der Waals surface area contributed by atoms with Crippen LogP contribution in [0, 0.1) is 6.92 Å². The lowest BCUT2D eigenvalue weighted by Gasteiger charge is -2.15. The molecule has 3 heterocycles. The number of hydrogen-bond donors (Lipinski definition) is 2. The summed E-state index contributed by atoms with van der Waals surface area (Å²) in [5.41, 5.74) is 1.78. The number of rotatable bonds is 6. The van der Waals surface area contributed by atoms with Crippen molar-refractivity contribution in [1.82, 2.24) is 24.9 Å². The predicted octanol–water partition coefficient (Wildman–Crippen LogP) is 3.46. The molecule has 0 aliphatic rings. The Morgan fingerprint density at radius 2 is 1.90 bits per heavy atom. The molecule has 1 amide bonds. The molecule has 30 heavy (non-hydrogen) atoms. The van der Waals surface area contributed by atoms with Gasteiger partial charge in [-0.25, -0.2) is 19.9 Å². The molecular weight excluding hydrogens is 396 g/mol. The van der Waals surface area contributed by atoms with Gasteiger partial charge in [0, 0.05) is 49.6 Å². The molecule has 11 heteroatoms. The van der Waals surface area contributed by atoms with Crippen LogP contribution in [0.4, 0.5) is 26.1 Å². The molecule has 0 saturated heterocycles. The fourth-order valence-corrected chi connectivity index (χ4v) is 2.57. The Morgan fingerprint density at radius 1 is 1.13 bits per heavy atom. The highest BCUT2D eigenvalue weighted by molar-refractivity contribution is 5.89. The second-order valence-electron chi connectivity index (χ2n) is 6.46. The standard InChI is InChI=1S/C19H19F2N7O2/c1-10-7-16(28-17(24-10)19(3,20)21)26-14-8-15(25-11(2)29)23-9-12(14)13-5-6-22-18(27-13)30-4/h5-9H,1-4H3,(H2,23,24,25,26,28,29). The number of nitrogens with zero attached hydrogens (tertiary/aromatic N) is 5. The monoisotopic (exact) mass is 415 g/mol. The maximum Gasteiger partial charge on any atom is 0.316 e. The Kier molecular flexibility index (Phi) is 5.81. The molecular formula is C19H19F2N7O2. The first-order valence-corrected chi connectivity index (χ1v) is 8.82. The number of methoxy groups -OCH3 is 1. The van der Waals surface area contributed by atoms with Crippen LogP contribution in [0.25, 0.3) is 11.3 Å². The van der Waals surface area contributed by atoms with Crippen LogP contribution in [0.2, 0.25) is 0 Å². The summed E-state index contributed by atoms with van der Waals surface area (Å²) in [6, 6.07) is 4.86. The number of nitrogens with one attached hydrogen (secondary N) is 2. The second kappa shape index (κ2) is 8.31. The zero-order valence-corrected chi connectivity index (χ0v) is 16.7. The Labute approximate surface area is 171 Å². The van der Waals surface area contributed by atoms with E-state index in [4.69, 9.17) is 4.74 Å². The minimum atomic E-state index is -3.20. The summed E-state index contributed by atoms with van der Waals surface area (Å²) in [6.45, 7) is 3.67. The van der Waals surface area contributed by atoms with Crippen LogP contribution >= 0.6 is 0 Å². The molecule has 0 unspecified atom stereocenters. The van der Waals surface area contributed by atoms with E-state index in [9.17, 15) is 13.6 Å². The van der Waals surface area contributed by atoms with Crippen molar-refractivity contribution in [3.8, 4) is 17.3 Å². The van der Waals surface area contributed by atoms with E-state index in [2.05, 4.69) is 35.6 Å². The highest BCUT2D eigenvalue weighted by atomic mass is 19.3. The molecule has 0 radical (unpaired) electrons. The fourth-order valence-electron chi connectivity index (χ4n) is 2.57. The molecule has 0 aliphatic heterocycles. The summed E-state index contributed by atoms with van der Waals surface area (Å²) in [5.74, 6) is -3.70. The molecule has 0 aliphatic carbocycles. The molecule has 3 aromatic rings. The van der Waals surface area contributed by atoms with Crippen molar-refractivity contribution in [2.45, 2.75) is 26.7 Å². The van der Waals surface area contributed by atoms with Gasteiger partial charge in [-0.15, -0.1) is 0 Å². The molecule has 9 nitrogen and oxygen atoms in total. The number of pyridine rings is 1. The maximum absolute atomic E-state index is 13.7. The minimum Gasteiger partial charge on any atom is -0.467 e. The number of anilines is 3. The van der Waals surface area contributed by atoms with Gasteiger partial charge in [0.1, 0.15) is 11.6 Å². The number of carbonyl (C=O) groups is 1. The van der Waals surface area contributed by atoms with Crippen molar-refractivity contribution in [3.63, 3.8) is 0 Å². The average Bonchev–Trinajstić information content (AvgIpc) is 2.66. The highest BCUT2D eigenvalue weighted by Crippen LogP contribution is 2.32. The number of aryl methyl sites for hydroxylation is 1. The van der Waals surface area contributed by atoms with Gasteiger partial charge >= 0.3 is 11.9 Å². The molecule has 3 rings (SSSR count). The normalized spacial score (nSPS) is 11.1. The van der Waals surface area contributed by atoms with Gasteiger partial charge in [-0.1, -0.05) is 0 Å². The molecule has 0 spiro atoms. The zero-order chi connectivity index (χ0) is 21.9. The number of hydrogen-bond acceptors (Lipinski definition) is 8. The van der Waals surface area contributed by atoms with Gasteiger partial charge in [-0.3, -0.25) is 4.79 Å². The van der Waals surface area contributed by atoms with Gasteiger partial charge in [-0.05, 0) is 13.0 Å². The van der Waals surface area contributed by atoms with Crippen LogP contribution in [0.1, 0.15) is 25.4 Å². The van der Waals surface area contributed by atoms with E-state index in [0.29, 0.717) is 22.6 Å². The quantitative estimate of drug-likeness (QED) is 0.629. The Hall–Kier alpha value is -3.76. The van der Waals surface area contributed by atoms with E-state index in [-0.39, 0.29) is 23.6 Å². The van der Waals surface area contributed by atoms with E-state index < -0.39 is 11.7 Å². The smallest absolute Gasteiger partial charge is 0.316 e. The Balaban J connectivity index is 2.09. The van der Waals surface area contributed by atoms with Crippen molar-refractivity contribution >= 4 is 23.2 Å². The topological polar surface area (TPSA) is 115 Å². The third-order valence-electron chi connectivity index (χ3n) is 3.81. The van der Waals surface area contributed by atoms with E-state index in [0.717, 1.165) is 6.92 Å². The number of carbonyl (C=O) groups excluding carboxylic acids is 1. The van der Waals surface area contributed by atoms with Crippen LogP contribution in [0.5, 0.6) is 6.01 Å². The molecule has 2 N–H and O–H groups in total. The number of amides is 1. The highest BCUT2D eigenvalue weighted by Gasteiger charge is 2.29. The van der Waals surface area contributed by atoms with Crippen LogP contribution in [-0.4, -0.2) is 37.9 Å². The van der Waals surface area contributed by atoms with Crippen molar-refractivity contribution in [2.24, 2.45) is 0 Å². The van der Waals surface area contributed by atoms with Crippen LogP contribution in [0.3, 0.4) is 0 Å². The third kappa shape index (κ3) is 4.99. The lowest BCUT2D eigenvalue weighted by atomic mass is 10.1. The van der Waals surface area contributed by atoms with Crippen molar-refractivity contribution in [3.05, 3.63) is 42.1 Å². The molecule has 3 aromatic heterocycles. The predicted molar refractivity (Wildman–Crippen MR) is 106 cm³/mol. The van der Waals surface area contributed by atoms with E-state index in [1.165, 1.54) is 32.5 Å². The Morgan fingerprint density at radius 3 is 2.57 bits per heavy atom. The van der Waals surface area contributed by atoms with Crippen LogP contribution in [-0.2, 0) is 10.7 Å². The molecule has 0 saturated carbocycles. The number of ether oxygens (including phenoxy) is 1. The first-order chi connectivity index (χ1) is 14.2. The summed E-state index contributed by atoms with van der Waals surface area (Å²) >= 11 is 0. The van der Waals surface area contributed by atoms with Crippen LogP contribution < -0.4 is 15.4 Å². The van der Waals surface area contributed by atoms with Gasteiger partial charge < -0.3 is 15.4 Å². The van der Waals surface area contributed by atoms with Gasteiger partial charge in [0.2, 0.25) is 11.7 Å². The van der Waals surface area contributed by atoms with Gasteiger partial charge in [0.25, 0.3) is 0 Å². The number of alkyl halides is 2. The van der Waals surface area contributed by atoms with Gasteiger partial charge in [0.15, 0.2) is 0 Å². The molecule has 0 bridgehead atoms. The SMILES string of the molecule is COc1nccc(-c2cnc(NC(C)=O)cc2Nc2cc(C)nc(C(C)(F)F)n2)n1. The first-order valence-electron chi connectivity index (χ1n) is 8.82. The second-order valence-corrected chi connectivity index (χ2v) is 6.46. The Bertz CT molecular complexity index is 1090. The van der Waals surface area contributed by atoms with Gasteiger partial charge in [0.05, 0.1) is 18.5 Å². The molecule has 156 valence electrons. The lowest BCUT2D eigenvalue weighted by Crippen LogP contribution is -2.14. The van der Waals surface area contributed by atoms with Crippen molar-refractivity contribution in [2.75, 3.05) is 17.7 Å². The molecule has 0 aromatic carbocycles. The summed E-state index contributed by atoms with van der Waals surface area (Å²) in [4.78, 5) is 31.6. The van der Waals surface area contributed by atoms with E-state index in [1.807, 2.05) is 0 Å². The number of aromatic nitrogens is 5. The van der Waals surface area contributed by atoms with Gasteiger partial charge in [-0.2, -0.15) is 13.8 Å². The number of halogens is 2. The molecule has 0 fully saturated rings. The fraction of sp³-hybridized carbons (Fsp3) is 0.263. The average molecular weight is 415 g/mol. The maximum atomic E-state index is 13.7. The minimum absolute atomic E-state index is 0.148. The van der Waals surface area contributed by atoms with E-state index >= 15 is 0 Å². The molecule has 0 atom stereocenters. The van der Waals surface area contributed by atoms with Crippen molar-refractivity contribution < 1.29 is 18.3 Å².